The topological polar surface area (TPSA) is 0 Å². The summed E-state index contributed by atoms with van der Waals surface area (Å²) in [7, 11) is 0. The third kappa shape index (κ3) is 6.16. The number of hydrogen-bond donors (Lipinski definition) is 0. The molecule has 45 heavy (non-hydrogen) atoms. The van der Waals surface area contributed by atoms with Gasteiger partial charge in [-0.3, -0.25) is 0 Å². The molecular weight excluding hydrogens is 540 g/mol. The van der Waals surface area contributed by atoms with E-state index in [1.165, 1.54) is 33.4 Å². The molecule has 6 rings (SSSR count). The molecular formula is C45H48. The van der Waals surface area contributed by atoms with Crippen LogP contribution < -0.4 is 0 Å². The highest BCUT2D eigenvalue weighted by molar-refractivity contribution is 5.76. The fourth-order valence-corrected chi connectivity index (χ4v) is 6.69. The first kappa shape index (κ1) is 33.2. The fraction of sp³-hybridized carbons (Fsp3) is 0.200. The third-order valence-corrected chi connectivity index (χ3v) is 8.07. The summed E-state index contributed by atoms with van der Waals surface area (Å²) in [6, 6.07) is 52.3. The van der Waals surface area contributed by atoms with Crippen LogP contribution in [0.2, 0.25) is 0 Å². The van der Waals surface area contributed by atoms with Gasteiger partial charge in [0.15, 0.2) is 0 Å². The van der Waals surface area contributed by atoms with E-state index in [9.17, 15) is 0 Å². The normalized spacial score (nSPS) is 14.4. The molecule has 0 spiro atoms. The lowest BCUT2D eigenvalue weighted by Crippen LogP contribution is -2.45. The molecule has 0 N–H and O–H groups in total. The summed E-state index contributed by atoms with van der Waals surface area (Å²) in [5.41, 5.74) is 9.04. The minimum atomic E-state index is -0.558. The number of rotatable bonds is 6. The second-order valence-electron chi connectivity index (χ2n) is 12.7. The predicted molar refractivity (Wildman–Crippen MR) is 196 cm³/mol. The number of hydrogen-bond acceptors (Lipinski definition) is 0. The molecule has 0 heteroatoms. The Balaban J connectivity index is 0.000000602. The van der Waals surface area contributed by atoms with Crippen molar-refractivity contribution in [3.8, 4) is 0 Å². The lowest BCUT2D eigenvalue weighted by molar-refractivity contribution is 0.469. The maximum Gasteiger partial charge on any atom is 0.0707 e. The predicted octanol–water partition coefficient (Wildman–Crippen LogP) is 12.1. The van der Waals surface area contributed by atoms with Crippen LogP contribution in [0.4, 0.5) is 0 Å². The van der Waals surface area contributed by atoms with E-state index < -0.39 is 10.8 Å². The van der Waals surface area contributed by atoms with Crippen LogP contribution in [0, 0.1) is 5.41 Å². The smallest absolute Gasteiger partial charge is 0.0707 e. The van der Waals surface area contributed by atoms with Gasteiger partial charge in [0.2, 0.25) is 0 Å². The van der Waals surface area contributed by atoms with Crippen molar-refractivity contribution in [2.24, 2.45) is 5.41 Å². The Morgan fingerprint density at radius 1 is 0.400 bits per heavy atom. The minimum absolute atomic E-state index is 0.500. The van der Waals surface area contributed by atoms with Gasteiger partial charge in [-0.1, -0.05) is 212 Å². The first-order valence-corrected chi connectivity index (χ1v) is 16.1. The quantitative estimate of drug-likeness (QED) is 0.185. The van der Waals surface area contributed by atoms with E-state index in [0.29, 0.717) is 5.41 Å². The van der Waals surface area contributed by atoms with Gasteiger partial charge in [0.1, 0.15) is 0 Å². The molecule has 0 saturated carbocycles. The molecule has 0 saturated heterocycles. The van der Waals surface area contributed by atoms with Gasteiger partial charge in [-0.15, -0.1) is 0 Å². The molecule has 0 aliphatic heterocycles. The first-order chi connectivity index (χ1) is 21.8. The zero-order valence-electron chi connectivity index (χ0n) is 27.9. The highest BCUT2D eigenvalue weighted by Gasteiger charge is 2.53. The van der Waals surface area contributed by atoms with Crippen LogP contribution in [0.3, 0.4) is 0 Å². The van der Waals surface area contributed by atoms with Gasteiger partial charge >= 0.3 is 0 Å². The Labute approximate surface area is 272 Å². The monoisotopic (exact) mass is 588 g/mol. The van der Waals surface area contributed by atoms with Gasteiger partial charge in [0.05, 0.1) is 10.8 Å². The second kappa shape index (κ2) is 14.4. The van der Waals surface area contributed by atoms with Gasteiger partial charge < -0.3 is 0 Å². The van der Waals surface area contributed by atoms with E-state index in [1.807, 2.05) is 13.8 Å². The molecule has 1 aliphatic carbocycles. The zero-order valence-corrected chi connectivity index (χ0v) is 27.9. The van der Waals surface area contributed by atoms with Crippen LogP contribution >= 0.6 is 0 Å². The SMILES string of the molecule is C=CC1=C(C=C)C(c2ccccc2)(c2ccccc2)c2ccccc2C1(c1ccccc1)c1ccccc1.CC.CC(C)(C)C. The highest BCUT2D eigenvalue weighted by atomic mass is 14.5. The molecule has 0 amide bonds. The molecule has 0 heterocycles. The molecule has 0 bridgehead atoms. The number of fused-ring (bicyclic) bond motifs is 1. The summed E-state index contributed by atoms with van der Waals surface area (Å²) in [5.74, 6) is 0. The number of benzene rings is 5. The summed E-state index contributed by atoms with van der Waals surface area (Å²) >= 11 is 0. The van der Waals surface area contributed by atoms with E-state index in [4.69, 9.17) is 0 Å². The Hall–Kier alpha value is -4.68. The van der Waals surface area contributed by atoms with Crippen LogP contribution in [0.25, 0.3) is 0 Å². The zero-order chi connectivity index (χ0) is 32.5. The lowest BCUT2D eigenvalue weighted by Gasteiger charge is -2.51. The van der Waals surface area contributed by atoms with Crippen molar-refractivity contribution in [1.82, 2.24) is 0 Å². The molecule has 0 nitrogen and oxygen atoms in total. The first-order valence-electron chi connectivity index (χ1n) is 16.1. The van der Waals surface area contributed by atoms with Crippen molar-refractivity contribution in [2.75, 3.05) is 0 Å². The molecule has 1 aliphatic rings. The Morgan fingerprint density at radius 3 is 0.800 bits per heavy atom. The summed E-state index contributed by atoms with van der Waals surface area (Å²) in [4.78, 5) is 0. The van der Waals surface area contributed by atoms with E-state index in [0.717, 1.165) is 11.1 Å². The largest absolute Gasteiger partial charge is 0.0987 e. The van der Waals surface area contributed by atoms with Crippen LogP contribution in [0.1, 0.15) is 74.9 Å². The van der Waals surface area contributed by atoms with Crippen molar-refractivity contribution >= 4 is 0 Å². The van der Waals surface area contributed by atoms with Gasteiger partial charge in [0.25, 0.3) is 0 Å². The van der Waals surface area contributed by atoms with Gasteiger partial charge in [-0.05, 0) is 49.9 Å². The van der Waals surface area contributed by atoms with Crippen molar-refractivity contribution in [1.29, 1.82) is 0 Å². The molecule has 5 aromatic carbocycles. The molecule has 228 valence electrons. The van der Waals surface area contributed by atoms with Gasteiger partial charge in [-0.25, -0.2) is 0 Å². The second-order valence-corrected chi connectivity index (χ2v) is 12.7. The van der Waals surface area contributed by atoms with Gasteiger partial charge in [-0.2, -0.15) is 0 Å². The van der Waals surface area contributed by atoms with Crippen LogP contribution in [-0.2, 0) is 10.8 Å². The van der Waals surface area contributed by atoms with Crippen LogP contribution in [0.15, 0.2) is 182 Å². The number of allylic oxidation sites excluding steroid dienone is 4. The Morgan fingerprint density at radius 2 is 0.600 bits per heavy atom. The minimum Gasteiger partial charge on any atom is -0.0987 e. The molecule has 5 aromatic rings. The third-order valence-electron chi connectivity index (χ3n) is 8.07. The molecule has 0 unspecified atom stereocenters. The van der Waals surface area contributed by atoms with Crippen molar-refractivity contribution in [3.05, 3.63) is 215 Å². The van der Waals surface area contributed by atoms with E-state index >= 15 is 0 Å². The van der Waals surface area contributed by atoms with Crippen molar-refractivity contribution in [2.45, 2.75) is 52.4 Å². The van der Waals surface area contributed by atoms with E-state index in [2.05, 4.69) is 199 Å². The van der Waals surface area contributed by atoms with Crippen LogP contribution in [0.5, 0.6) is 0 Å². The summed E-state index contributed by atoms with van der Waals surface area (Å²) in [6.07, 6.45) is 4.13. The van der Waals surface area contributed by atoms with Crippen molar-refractivity contribution < 1.29 is 0 Å². The maximum absolute atomic E-state index is 4.45. The maximum atomic E-state index is 4.45. The van der Waals surface area contributed by atoms with E-state index in [1.54, 1.807) is 0 Å². The Kier molecular flexibility index (Phi) is 10.6. The summed E-state index contributed by atoms with van der Waals surface area (Å²) < 4.78 is 0. The van der Waals surface area contributed by atoms with Gasteiger partial charge in [0, 0.05) is 0 Å². The average molecular weight is 589 g/mol. The van der Waals surface area contributed by atoms with Crippen molar-refractivity contribution in [3.63, 3.8) is 0 Å². The summed E-state index contributed by atoms with van der Waals surface area (Å²) in [6.45, 7) is 21.6. The average Bonchev–Trinajstić information content (AvgIpc) is 3.09. The molecule has 0 radical (unpaired) electrons. The molecule has 0 fully saturated rings. The molecule has 0 atom stereocenters. The summed E-state index contributed by atoms with van der Waals surface area (Å²) in [5, 5.41) is 0. The standard InChI is InChI=1S/C38H30.C5H12.C2H6/c1-3-33-34(4-2)38(31-23-13-7-14-24-31,32-25-15-8-16-26-32)36-28-18-17-27-35(36)37(33,29-19-9-5-10-20-29)30-21-11-6-12-22-30;1-5(2,3)4;1-2/h3-28H,1-2H2;1-4H3;1-2H3. The highest BCUT2D eigenvalue weighted by Crippen LogP contribution is 2.60. The lowest BCUT2D eigenvalue weighted by atomic mass is 9.50. The van der Waals surface area contributed by atoms with Crippen LogP contribution in [-0.4, -0.2) is 0 Å². The molecule has 0 aromatic heterocycles. The fourth-order valence-electron chi connectivity index (χ4n) is 6.69. The Bertz CT molecular complexity index is 1490. The van der Waals surface area contributed by atoms with E-state index in [-0.39, 0.29) is 0 Å².